The Morgan fingerprint density at radius 3 is 2.27 bits per heavy atom. The average Bonchev–Trinajstić information content (AvgIpc) is 2.65. The number of benzene rings is 1. The SMILES string of the molecule is COCCCOc1ccc(C)cc1B1OC(C)(C)C(C)(C)O1. The smallest absolute Gasteiger partial charge is 0.494 e. The van der Waals surface area contributed by atoms with Crippen molar-refractivity contribution in [3.05, 3.63) is 23.8 Å². The van der Waals surface area contributed by atoms with Gasteiger partial charge < -0.3 is 18.8 Å². The minimum Gasteiger partial charge on any atom is -0.494 e. The van der Waals surface area contributed by atoms with Crippen LogP contribution in [0.15, 0.2) is 18.2 Å². The molecule has 1 saturated heterocycles. The van der Waals surface area contributed by atoms with Gasteiger partial charge in [0.2, 0.25) is 0 Å². The molecule has 1 fully saturated rings. The fourth-order valence-electron chi connectivity index (χ4n) is 2.34. The maximum Gasteiger partial charge on any atom is 0.498 e. The van der Waals surface area contributed by atoms with E-state index in [4.69, 9.17) is 18.8 Å². The third kappa shape index (κ3) is 3.65. The second-order valence-corrected chi connectivity index (χ2v) is 6.82. The lowest BCUT2D eigenvalue weighted by atomic mass is 9.77. The van der Waals surface area contributed by atoms with Crippen molar-refractivity contribution < 1.29 is 18.8 Å². The van der Waals surface area contributed by atoms with Crippen LogP contribution >= 0.6 is 0 Å². The van der Waals surface area contributed by atoms with Gasteiger partial charge in [0.25, 0.3) is 0 Å². The zero-order valence-corrected chi connectivity index (χ0v) is 14.6. The Morgan fingerprint density at radius 1 is 1.05 bits per heavy atom. The van der Waals surface area contributed by atoms with Gasteiger partial charge in [0.15, 0.2) is 0 Å². The molecule has 0 amide bonds. The molecule has 5 heteroatoms. The van der Waals surface area contributed by atoms with Crippen LogP contribution < -0.4 is 10.2 Å². The first-order valence-corrected chi connectivity index (χ1v) is 7.85. The summed E-state index contributed by atoms with van der Waals surface area (Å²) in [4.78, 5) is 0. The van der Waals surface area contributed by atoms with Crippen LogP contribution in [-0.4, -0.2) is 38.6 Å². The summed E-state index contributed by atoms with van der Waals surface area (Å²) in [5.41, 5.74) is 1.41. The highest BCUT2D eigenvalue weighted by atomic mass is 16.7. The van der Waals surface area contributed by atoms with Crippen molar-refractivity contribution in [3.63, 3.8) is 0 Å². The predicted octanol–water partition coefficient (Wildman–Crippen LogP) is 2.71. The average molecular weight is 306 g/mol. The summed E-state index contributed by atoms with van der Waals surface area (Å²) >= 11 is 0. The number of aryl methyl sites for hydroxylation is 1. The molecule has 0 atom stereocenters. The van der Waals surface area contributed by atoms with Crippen molar-refractivity contribution in [3.8, 4) is 5.75 Å². The van der Waals surface area contributed by atoms with Gasteiger partial charge in [-0.3, -0.25) is 0 Å². The van der Waals surface area contributed by atoms with Crippen LogP contribution in [0.2, 0.25) is 0 Å². The van der Waals surface area contributed by atoms with Gasteiger partial charge in [-0.25, -0.2) is 0 Å². The topological polar surface area (TPSA) is 36.9 Å². The first kappa shape index (κ1) is 17.3. The third-order valence-electron chi connectivity index (χ3n) is 4.42. The molecule has 122 valence electrons. The largest absolute Gasteiger partial charge is 0.498 e. The molecule has 4 nitrogen and oxygen atoms in total. The molecule has 0 saturated carbocycles. The van der Waals surface area contributed by atoms with E-state index in [2.05, 4.69) is 40.7 Å². The molecule has 0 spiro atoms. The first-order chi connectivity index (χ1) is 10.3. The molecule has 22 heavy (non-hydrogen) atoms. The predicted molar refractivity (Wildman–Crippen MR) is 88.9 cm³/mol. The van der Waals surface area contributed by atoms with Crippen molar-refractivity contribution in [1.82, 2.24) is 0 Å². The van der Waals surface area contributed by atoms with Gasteiger partial charge in [0.1, 0.15) is 5.75 Å². The monoisotopic (exact) mass is 306 g/mol. The fourth-order valence-corrected chi connectivity index (χ4v) is 2.34. The second kappa shape index (κ2) is 6.61. The standard InChI is InChI=1S/C17H27BO4/c1-13-8-9-15(20-11-7-10-19-6)14(12-13)18-21-16(2,3)17(4,5)22-18/h8-9,12H,7,10-11H2,1-6H3. The van der Waals surface area contributed by atoms with Crippen molar-refractivity contribution in [2.45, 2.75) is 52.2 Å². The Balaban J connectivity index is 2.18. The third-order valence-corrected chi connectivity index (χ3v) is 4.42. The van der Waals surface area contributed by atoms with E-state index in [1.54, 1.807) is 7.11 Å². The van der Waals surface area contributed by atoms with Crippen LogP contribution in [0.25, 0.3) is 0 Å². The minimum absolute atomic E-state index is 0.352. The van der Waals surface area contributed by atoms with Crippen LogP contribution in [-0.2, 0) is 14.0 Å². The Kier molecular flexibility index (Phi) is 5.20. The van der Waals surface area contributed by atoms with Crippen molar-refractivity contribution in [2.24, 2.45) is 0 Å². The van der Waals surface area contributed by atoms with Crippen molar-refractivity contribution in [2.75, 3.05) is 20.3 Å². The number of methoxy groups -OCH3 is 1. The molecular formula is C17H27BO4. The van der Waals surface area contributed by atoms with E-state index in [9.17, 15) is 0 Å². The minimum atomic E-state index is -0.401. The Bertz CT molecular complexity index is 497. The highest BCUT2D eigenvalue weighted by Gasteiger charge is 2.52. The molecule has 0 unspecified atom stereocenters. The molecule has 0 N–H and O–H groups in total. The Labute approximate surface area is 134 Å². The normalized spacial score (nSPS) is 19.5. The van der Waals surface area contributed by atoms with Gasteiger partial charge in [0, 0.05) is 25.6 Å². The zero-order chi connectivity index (χ0) is 16.4. The van der Waals surface area contributed by atoms with Gasteiger partial charge in [-0.05, 0) is 40.7 Å². The molecule has 0 aromatic heterocycles. The summed E-state index contributed by atoms with van der Waals surface area (Å²) in [5.74, 6) is 0.820. The summed E-state index contributed by atoms with van der Waals surface area (Å²) in [5, 5.41) is 0. The molecule has 0 bridgehead atoms. The van der Waals surface area contributed by atoms with E-state index in [0.717, 1.165) is 23.2 Å². The molecule has 1 aromatic rings. The van der Waals surface area contributed by atoms with E-state index < -0.39 is 7.12 Å². The van der Waals surface area contributed by atoms with E-state index in [1.807, 2.05) is 12.1 Å². The van der Waals surface area contributed by atoms with E-state index >= 15 is 0 Å². The van der Waals surface area contributed by atoms with Crippen LogP contribution in [0, 0.1) is 6.92 Å². The number of rotatable bonds is 6. The number of hydrogen-bond acceptors (Lipinski definition) is 4. The van der Waals surface area contributed by atoms with Crippen LogP contribution in [0.1, 0.15) is 39.7 Å². The van der Waals surface area contributed by atoms with Crippen LogP contribution in [0.4, 0.5) is 0 Å². The van der Waals surface area contributed by atoms with Crippen LogP contribution in [0.3, 0.4) is 0 Å². The van der Waals surface area contributed by atoms with Gasteiger partial charge >= 0.3 is 7.12 Å². The fraction of sp³-hybridized carbons (Fsp3) is 0.647. The molecule has 2 rings (SSSR count). The summed E-state index contributed by atoms with van der Waals surface area (Å²) in [6.07, 6.45) is 0.854. The van der Waals surface area contributed by atoms with Crippen molar-refractivity contribution >= 4 is 12.6 Å². The van der Waals surface area contributed by atoms with Gasteiger partial charge in [0.05, 0.1) is 17.8 Å². The molecule has 1 heterocycles. The van der Waals surface area contributed by atoms with Gasteiger partial charge in [-0.1, -0.05) is 17.7 Å². The maximum atomic E-state index is 6.15. The zero-order valence-electron chi connectivity index (χ0n) is 14.6. The summed E-state index contributed by atoms with van der Waals surface area (Å²) in [7, 11) is 1.30. The quantitative estimate of drug-likeness (QED) is 0.598. The lowest BCUT2D eigenvalue weighted by molar-refractivity contribution is 0.00578. The lowest BCUT2D eigenvalue weighted by Gasteiger charge is -2.32. The number of ether oxygens (including phenoxy) is 2. The molecular weight excluding hydrogens is 279 g/mol. The Morgan fingerprint density at radius 2 is 1.68 bits per heavy atom. The number of hydrogen-bond donors (Lipinski definition) is 0. The van der Waals surface area contributed by atoms with Gasteiger partial charge in [-0.15, -0.1) is 0 Å². The molecule has 1 aliphatic heterocycles. The molecule has 1 aromatic carbocycles. The van der Waals surface area contributed by atoms with Gasteiger partial charge in [-0.2, -0.15) is 0 Å². The second-order valence-electron chi connectivity index (χ2n) is 6.82. The molecule has 0 radical (unpaired) electrons. The first-order valence-electron chi connectivity index (χ1n) is 7.85. The summed E-state index contributed by atoms with van der Waals surface area (Å²) in [6.45, 7) is 11.6. The Hall–Kier alpha value is -1.04. The molecule has 1 aliphatic rings. The van der Waals surface area contributed by atoms with E-state index in [0.29, 0.717) is 13.2 Å². The summed E-state index contributed by atoms with van der Waals surface area (Å²) in [6, 6.07) is 6.11. The van der Waals surface area contributed by atoms with Crippen LogP contribution in [0.5, 0.6) is 5.75 Å². The van der Waals surface area contributed by atoms with E-state index in [1.165, 1.54) is 0 Å². The lowest BCUT2D eigenvalue weighted by Crippen LogP contribution is -2.41. The highest BCUT2D eigenvalue weighted by molar-refractivity contribution is 6.63. The highest BCUT2D eigenvalue weighted by Crippen LogP contribution is 2.37. The molecule has 0 aliphatic carbocycles. The maximum absolute atomic E-state index is 6.15. The van der Waals surface area contributed by atoms with Crippen molar-refractivity contribution in [1.29, 1.82) is 0 Å². The van der Waals surface area contributed by atoms with E-state index in [-0.39, 0.29) is 11.2 Å². The summed E-state index contributed by atoms with van der Waals surface area (Å²) < 4.78 is 23.2.